The fourth-order valence-electron chi connectivity index (χ4n) is 5.94. The molecule has 0 spiro atoms. The van der Waals surface area contributed by atoms with Gasteiger partial charge in [-0.1, -0.05) is 121 Å². The molecule has 4 aromatic rings. The van der Waals surface area contributed by atoms with Crippen molar-refractivity contribution in [3.8, 4) is 0 Å². The van der Waals surface area contributed by atoms with Gasteiger partial charge in [0.25, 0.3) is 0 Å². The second kappa shape index (κ2) is 13.1. The Balaban J connectivity index is 1.60. The van der Waals surface area contributed by atoms with Gasteiger partial charge in [-0.2, -0.15) is 0 Å². The van der Waals surface area contributed by atoms with E-state index in [0.717, 1.165) is 12.3 Å². The minimum atomic E-state index is -0.644. The molecule has 0 aliphatic carbocycles. The van der Waals surface area contributed by atoms with Gasteiger partial charge in [0.15, 0.2) is 0 Å². The van der Waals surface area contributed by atoms with Crippen molar-refractivity contribution in [2.45, 2.75) is 51.9 Å². The summed E-state index contributed by atoms with van der Waals surface area (Å²) in [5, 5.41) is 5.48. The summed E-state index contributed by atoms with van der Waals surface area (Å²) in [5.74, 6) is 0. The van der Waals surface area contributed by atoms with E-state index in [1.54, 1.807) is 0 Å². The van der Waals surface area contributed by atoms with Gasteiger partial charge in [0, 0.05) is 12.1 Å². The van der Waals surface area contributed by atoms with Crippen LogP contribution >= 0.6 is 15.8 Å². The van der Waals surface area contributed by atoms with Gasteiger partial charge >= 0.3 is 6.03 Å². The number of amides is 2. The lowest BCUT2D eigenvalue weighted by molar-refractivity contribution is 0.167. The Morgan fingerprint density at radius 3 is 0.975 bits per heavy atom. The maximum atomic E-state index is 14.2. The number of hydrogen-bond donors (Lipinski definition) is 0. The molecule has 5 heteroatoms. The highest BCUT2D eigenvalue weighted by molar-refractivity contribution is 7.73. The van der Waals surface area contributed by atoms with E-state index in [-0.39, 0.29) is 30.2 Å². The Hall–Kier alpha value is -2.99. The van der Waals surface area contributed by atoms with E-state index in [2.05, 4.69) is 159 Å². The highest BCUT2D eigenvalue weighted by Crippen LogP contribution is 2.44. The summed E-state index contributed by atoms with van der Waals surface area (Å²) < 4.78 is 0. The Kier molecular flexibility index (Phi) is 9.36. The van der Waals surface area contributed by atoms with Crippen LogP contribution in [0.2, 0.25) is 0 Å². The Morgan fingerprint density at radius 1 is 0.500 bits per heavy atom. The van der Waals surface area contributed by atoms with Gasteiger partial charge in [-0.05, 0) is 77.1 Å². The molecule has 0 radical (unpaired) electrons. The molecular formula is C35H40N2OP2. The molecule has 2 amide bonds. The van der Waals surface area contributed by atoms with Crippen molar-refractivity contribution in [3.63, 3.8) is 0 Å². The van der Waals surface area contributed by atoms with Crippen LogP contribution in [0.4, 0.5) is 4.79 Å². The van der Waals surface area contributed by atoms with E-state index >= 15 is 0 Å². The van der Waals surface area contributed by atoms with Crippen molar-refractivity contribution < 1.29 is 4.79 Å². The molecule has 1 aliphatic heterocycles. The molecular weight excluding hydrogens is 526 g/mol. The molecule has 40 heavy (non-hydrogen) atoms. The van der Waals surface area contributed by atoms with Crippen LogP contribution in [0.3, 0.4) is 0 Å². The third-order valence-electron chi connectivity index (χ3n) is 7.72. The zero-order chi connectivity index (χ0) is 28.1. The summed E-state index contributed by atoms with van der Waals surface area (Å²) in [4.78, 5) is 18.6. The molecule has 3 nitrogen and oxygen atoms in total. The summed E-state index contributed by atoms with van der Waals surface area (Å²) >= 11 is 0. The average Bonchev–Trinajstić information content (AvgIpc) is 3.27. The van der Waals surface area contributed by atoms with Crippen molar-refractivity contribution in [1.82, 2.24) is 9.80 Å². The lowest BCUT2D eigenvalue weighted by Gasteiger charge is -2.36. The van der Waals surface area contributed by atoms with Crippen molar-refractivity contribution in [2.75, 3.05) is 12.3 Å². The van der Waals surface area contributed by atoms with E-state index in [1.807, 2.05) is 0 Å². The van der Waals surface area contributed by atoms with Crippen LogP contribution in [0.25, 0.3) is 0 Å². The second-order valence-electron chi connectivity index (χ2n) is 11.0. The summed E-state index contributed by atoms with van der Waals surface area (Å²) in [5.41, 5.74) is 0. The Bertz CT molecular complexity index is 1170. The highest BCUT2D eigenvalue weighted by Gasteiger charge is 2.49. The van der Waals surface area contributed by atoms with Gasteiger partial charge in [0.2, 0.25) is 0 Å². The van der Waals surface area contributed by atoms with Gasteiger partial charge < -0.3 is 9.80 Å². The molecule has 5 rings (SSSR count). The van der Waals surface area contributed by atoms with Gasteiger partial charge in [0.05, 0.1) is 12.1 Å². The molecule has 0 aromatic heterocycles. The molecule has 1 saturated heterocycles. The number of nitrogens with zero attached hydrogens (tertiary/aromatic N) is 2. The first-order valence-electron chi connectivity index (χ1n) is 14.3. The lowest BCUT2D eigenvalue weighted by Crippen LogP contribution is -2.46. The van der Waals surface area contributed by atoms with Crippen LogP contribution in [0, 0.1) is 0 Å². The smallest absolute Gasteiger partial charge is 0.317 e. The van der Waals surface area contributed by atoms with E-state index in [1.165, 1.54) is 21.2 Å². The second-order valence-corrected chi connectivity index (χ2v) is 15.5. The molecule has 0 saturated carbocycles. The predicted octanol–water partition coefficient (Wildman–Crippen LogP) is 6.54. The number of carbonyl (C=O) groups excluding carboxylic acids is 1. The average molecular weight is 567 g/mol. The number of hydrogen-bond acceptors (Lipinski definition) is 1. The normalized spacial score (nSPS) is 17.6. The van der Waals surface area contributed by atoms with Crippen molar-refractivity contribution >= 4 is 43.1 Å². The molecule has 0 N–H and O–H groups in total. The summed E-state index contributed by atoms with van der Waals surface area (Å²) in [6.07, 6.45) is 1.90. The third kappa shape index (κ3) is 6.17. The van der Waals surface area contributed by atoms with E-state index in [4.69, 9.17) is 0 Å². The van der Waals surface area contributed by atoms with Gasteiger partial charge in [-0.3, -0.25) is 0 Å². The van der Waals surface area contributed by atoms with Crippen LogP contribution in [-0.4, -0.2) is 52.3 Å². The fraction of sp³-hybridized carbons (Fsp3) is 0.286. The van der Waals surface area contributed by atoms with Crippen LogP contribution in [0.15, 0.2) is 121 Å². The topological polar surface area (TPSA) is 23.6 Å². The molecule has 1 fully saturated rings. The maximum absolute atomic E-state index is 14.2. The van der Waals surface area contributed by atoms with Gasteiger partial charge in [-0.15, -0.1) is 0 Å². The van der Waals surface area contributed by atoms with Crippen LogP contribution in [-0.2, 0) is 0 Å². The molecule has 1 heterocycles. The minimum Gasteiger partial charge on any atom is -0.317 e. The van der Waals surface area contributed by atoms with Crippen molar-refractivity contribution in [1.29, 1.82) is 0 Å². The first-order valence-corrected chi connectivity index (χ1v) is 17.4. The Morgan fingerprint density at radius 2 is 0.750 bits per heavy atom. The summed E-state index contributed by atoms with van der Waals surface area (Å²) in [6, 6.07) is 44.4. The summed E-state index contributed by atoms with van der Waals surface area (Å²) in [6.45, 7) is 8.71. The van der Waals surface area contributed by atoms with Gasteiger partial charge in [-0.25, -0.2) is 4.79 Å². The van der Waals surface area contributed by atoms with Crippen LogP contribution < -0.4 is 21.2 Å². The lowest BCUT2D eigenvalue weighted by atomic mass is 10.1. The number of urea groups is 1. The molecule has 0 unspecified atom stereocenters. The monoisotopic (exact) mass is 566 g/mol. The zero-order valence-corrected chi connectivity index (χ0v) is 25.8. The Labute approximate surface area is 242 Å². The molecule has 4 aromatic carbocycles. The molecule has 1 aliphatic rings. The van der Waals surface area contributed by atoms with Crippen molar-refractivity contribution in [2.24, 2.45) is 0 Å². The molecule has 2 atom stereocenters. The summed E-state index contributed by atoms with van der Waals surface area (Å²) in [7, 11) is -1.29. The first-order chi connectivity index (χ1) is 19.5. The first kappa shape index (κ1) is 28.5. The van der Waals surface area contributed by atoms with Crippen LogP contribution in [0.1, 0.15) is 27.7 Å². The minimum absolute atomic E-state index is 0.124. The number of rotatable bonds is 10. The standard InChI is InChI=1S/C35H40N2OP2/c1-27(2)36-33(25-39(29-17-9-5-10-18-29)30-19-11-6-12-20-30)34(37(28(3)4)35(36)38)26-40(31-21-13-7-14-22-31)32-23-15-8-16-24-32/h5-24,27-28,33-34H,25-26H2,1-4H3/t33-,34-/m1/s1. The zero-order valence-electron chi connectivity index (χ0n) is 24.0. The quantitative estimate of drug-likeness (QED) is 0.200. The molecule has 206 valence electrons. The molecule has 0 bridgehead atoms. The number of benzene rings is 4. The van der Waals surface area contributed by atoms with E-state index in [9.17, 15) is 4.79 Å². The SMILES string of the molecule is CC(C)N1C(=O)N(C(C)C)[C@H](CP(c2ccccc2)c2ccccc2)[C@H]1CP(c1ccccc1)c1ccccc1. The number of carbonyl (C=O) groups is 1. The largest absolute Gasteiger partial charge is 0.321 e. The highest BCUT2D eigenvalue weighted by atomic mass is 31.1. The fourth-order valence-corrected chi connectivity index (χ4v) is 11.1. The van der Waals surface area contributed by atoms with E-state index < -0.39 is 15.8 Å². The predicted molar refractivity (Wildman–Crippen MR) is 175 cm³/mol. The van der Waals surface area contributed by atoms with E-state index in [0.29, 0.717) is 0 Å². The van der Waals surface area contributed by atoms with Crippen molar-refractivity contribution in [3.05, 3.63) is 121 Å². The van der Waals surface area contributed by atoms with Gasteiger partial charge in [0.1, 0.15) is 0 Å². The maximum Gasteiger partial charge on any atom is 0.321 e. The van der Waals surface area contributed by atoms with Crippen LogP contribution in [0.5, 0.6) is 0 Å². The third-order valence-corrected chi connectivity index (χ3v) is 12.9.